The summed E-state index contributed by atoms with van der Waals surface area (Å²) in [6, 6.07) is 0. The first-order valence-corrected chi connectivity index (χ1v) is 5.21. The zero-order valence-corrected chi connectivity index (χ0v) is 8.83. The van der Waals surface area contributed by atoms with Gasteiger partial charge >= 0.3 is 0 Å². The fourth-order valence-corrected chi connectivity index (χ4v) is 1.92. The van der Waals surface area contributed by atoms with Crippen molar-refractivity contribution in [3.63, 3.8) is 0 Å². The summed E-state index contributed by atoms with van der Waals surface area (Å²) in [6.07, 6.45) is 8.43. The molecule has 1 fully saturated rings. The molecule has 0 aromatic carbocycles. The molecule has 0 aliphatic heterocycles. The van der Waals surface area contributed by atoms with Crippen LogP contribution in [0.5, 0.6) is 0 Å². The zero-order chi connectivity index (χ0) is 10.1. The molecule has 1 N–H and O–H groups in total. The third kappa shape index (κ3) is 5.81. The van der Waals surface area contributed by atoms with Gasteiger partial charge in [-0.15, -0.1) is 0 Å². The molecule has 13 heavy (non-hydrogen) atoms. The highest BCUT2D eigenvalue weighted by Gasteiger charge is 2.17. The van der Waals surface area contributed by atoms with Crippen LogP contribution in [0.2, 0.25) is 0 Å². The number of aliphatic hydroxyl groups excluding tert-OH is 1. The Balaban J connectivity index is 0.000000671. The van der Waals surface area contributed by atoms with Gasteiger partial charge < -0.3 is 9.90 Å². The molecule has 0 aromatic rings. The number of carbonyl (C=O) groups is 1. The quantitative estimate of drug-likeness (QED) is 0.687. The first-order valence-electron chi connectivity index (χ1n) is 5.21. The van der Waals surface area contributed by atoms with Gasteiger partial charge in [0.1, 0.15) is 6.29 Å². The van der Waals surface area contributed by atoms with Gasteiger partial charge in [0, 0.05) is 13.5 Å². The predicted molar refractivity (Wildman–Crippen MR) is 54.6 cm³/mol. The molecule has 0 unspecified atom stereocenters. The van der Waals surface area contributed by atoms with Crippen molar-refractivity contribution in [2.24, 2.45) is 11.8 Å². The molecule has 0 atom stereocenters. The van der Waals surface area contributed by atoms with Gasteiger partial charge in [0.25, 0.3) is 0 Å². The summed E-state index contributed by atoms with van der Waals surface area (Å²) >= 11 is 0. The molecule has 0 amide bonds. The average Bonchev–Trinajstić information content (AvgIpc) is 2.20. The van der Waals surface area contributed by atoms with Crippen LogP contribution < -0.4 is 0 Å². The van der Waals surface area contributed by atoms with Crippen LogP contribution in [0.4, 0.5) is 0 Å². The van der Waals surface area contributed by atoms with E-state index in [0.29, 0.717) is 0 Å². The normalized spacial score (nSPS) is 27.3. The molecule has 1 rings (SSSR count). The van der Waals surface area contributed by atoms with E-state index in [4.69, 9.17) is 5.11 Å². The minimum absolute atomic E-state index is 0.777. The molecule has 0 aromatic heterocycles. The molecule has 0 saturated heterocycles. The second-order valence-electron chi connectivity index (χ2n) is 3.87. The Morgan fingerprint density at radius 1 is 1.23 bits per heavy atom. The standard InChI is InChI=1S/C10H18O.CH4O/c1-9-4-6-10(7-5-9)3-2-8-11;1-2/h8-10H,2-7H2,1H3;2H,1H3. The van der Waals surface area contributed by atoms with Gasteiger partial charge in [-0.2, -0.15) is 0 Å². The molecular formula is C11H22O2. The Hall–Kier alpha value is -0.370. The Labute approximate surface area is 81.3 Å². The SMILES string of the molecule is CC1CCC(CCC=O)CC1.CO. The van der Waals surface area contributed by atoms with Crippen LogP contribution in [0.15, 0.2) is 0 Å². The topological polar surface area (TPSA) is 37.3 Å². The van der Waals surface area contributed by atoms with Crippen LogP contribution in [0.3, 0.4) is 0 Å². The molecule has 0 bridgehead atoms. The Kier molecular flexibility index (Phi) is 8.00. The van der Waals surface area contributed by atoms with Crippen LogP contribution in [0.25, 0.3) is 0 Å². The predicted octanol–water partition coefficient (Wildman–Crippen LogP) is 2.40. The fraction of sp³-hybridized carbons (Fsp3) is 0.909. The Bertz CT molecular complexity index is 115. The molecule has 0 radical (unpaired) electrons. The zero-order valence-electron chi connectivity index (χ0n) is 8.83. The minimum atomic E-state index is 0.777. The number of hydrogen-bond acceptors (Lipinski definition) is 2. The molecular weight excluding hydrogens is 164 g/mol. The van der Waals surface area contributed by atoms with E-state index in [2.05, 4.69) is 6.92 Å². The van der Waals surface area contributed by atoms with Gasteiger partial charge in [0.2, 0.25) is 0 Å². The fourth-order valence-electron chi connectivity index (χ4n) is 1.92. The van der Waals surface area contributed by atoms with E-state index < -0.39 is 0 Å². The maximum absolute atomic E-state index is 10.1. The summed E-state index contributed by atoms with van der Waals surface area (Å²) in [6.45, 7) is 2.33. The van der Waals surface area contributed by atoms with Crippen molar-refractivity contribution in [2.45, 2.75) is 45.4 Å². The first-order chi connectivity index (χ1) is 6.33. The van der Waals surface area contributed by atoms with Crippen molar-refractivity contribution in [1.82, 2.24) is 0 Å². The summed E-state index contributed by atoms with van der Waals surface area (Å²) in [4.78, 5) is 10.1. The number of aldehydes is 1. The van der Waals surface area contributed by atoms with Gasteiger partial charge in [-0.25, -0.2) is 0 Å². The monoisotopic (exact) mass is 186 g/mol. The first kappa shape index (κ1) is 12.6. The van der Waals surface area contributed by atoms with E-state index in [9.17, 15) is 4.79 Å². The second-order valence-corrected chi connectivity index (χ2v) is 3.87. The minimum Gasteiger partial charge on any atom is -0.400 e. The summed E-state index contributed by atoms with van der Waals surface area (Å²) in [5.74, 6) is 1.79. The van der Waals surface area contributed by atoms with E-state index >= 15 is 0 Å². The maximum Gasteiger partial charge on any atom is 0.120 e. The van der Waals surface area contributed by atoms with E-state index in [1.165, 1.54) is 25.7 Å². The van der Waals surface area contributed by atoms with Gasteiger partial charge in [-0.05, 0) is 18.3 Å². The average molecular weight is 186 g/mol. The molecule has 2 heteroatoms. The van der Waals surface area contributed by atoms with Crippen LogP contribution in [0, 0.1) is 11.8 Å². The van der Waals surface area contributed by atoms with Crippen molar-refractivity contribution in [1.29, 1.82) is 0 Å². The molecule has 0 spiro atoms. The summed E-state index contributed by atoms with van der Waals surface area (Å²) < 4.78 is 0. The van der Waals surface area contributed by atoms with Crippen molar-refractivity contribution >= 4 is 6.29 Å². The third-order valence-corrected chi connectivity index (χ3v) is 2.83. The Morgan fingerprint density at radius 3 is 2.23 bits per heavy atom. The summed E-state index contributed by atoms with van der Waals surface area (Å²) in [5.41, 5.74) is 0. The number of rotatable bonds is 3. The third-order valence-electron chi connectivity index (χ3n) is 2.83. The second kappa shape index (κ2) is 8.24. The van der Waals surface area contributed by atoms with Gasteiger partial charge in [0.05, 0.1) is 0 Å². The van der Waals surface area contributed by atoms with Crippen LogP contribution in [-0.2, 0) is 4.79 Å². The maximum atomic E-state index is 10.1. The van der Waals surface area contributed by atoms with E-state index in [-0.39, 0.29) is 0 Å². The molecule has 0 heterocycles. The van der Waals surface area contributed by atoms with Gasteiger partial charge in [-0.1, -0.05) is 32.6 Å². The number of aliphatic hydroxyl groups is 1. The van der Waals surface area contributed by atoms with Gasteiger partial charge in [0.15, 0.2) is 0 Å². The largest absolute Gasteiger partial charge is 0.400 e. The lowest BCUT2D eigenvalue weighted by Crippen LogP contribution is -2.12. The highest BCUT2D eigenvalue weighted by atomic mass is 16.2. The molecule has 2 nitrogen and oxygen atoms in total. The van der Waals surface area contributed by atoms with E-state index in [1.807, 2.05) is 0 Å². The van der Waals surface area contributed by atoms with Crippen molar-refractivity contribution in [2.75, 3.05) is 7.11 Å². The Morgan fingerprint density at radius 2 is 1.77 bits per heavy atom. The van der Waals surface area contributed by atoms with E-state index in [1.54, 1.807) is 0 Å². The lowest BCUT2D eigenvalue weighted by atomic mass is 9.81. The van der Waals surface area contributed by atoms with Crippen molar-refractivity contribution in [3.05, 3.63) is 0 Å². The summed E-state index contributed by atoms with van der Waals surface area (Å²) in [5, 5.41) is 7.00. The number of hydrogen-bond donors (Lipinski definition) is 1. The lowest BCUT2D eigenvalue weighted by Gasteiger charge is -2.25. The van der Waals surface area contributed by atoms with Crippen molar-refractivity contribution in [3.8, 4) is 0 Å². The smallest absolute Gasteiger partial charge is 0.120 e. The van der Waals surface area contributed by atoms with Crippen LogP contribution in [0.1, 0.15) is 45.4 Å². The van der Waals surface area contributed by atoms with Crippen LogP contribution >= 0.6 is 0 Å². The van der Waals surface area contributed by atoms with E-state index in [0.717, 1.165) is 38.1 Å². The van der Waals surface area contributed by atoms with Crippen LogP contribution in [-0.4, -0.2) is 18.5 Å². The number of carbonyl (C=O) groups excluding carboxylic acids is 1. The molecule has 1 saturated carbocycles. The van der Waals surface area contributed by atoms with Gasteiger partial charge in [-0.3, -0.25) is 0 Å². The highest BCUT2D eigenvalue weighted by Crippen LogP contribution is 2.30. The lowest BCUT2D eigenvalue weighted by molar-refractivity contribution is -0.108. The molecule has 1 aliphatic rings. The molecule has 78 valence electrons. The summed E-state index contributed by atoms with van der Waals surface area (Å²) in [7, 11) is 1.00. The highest BCUT2D eigenvalue weighted by molar-refractivity contribution is 5.49. The molecule has 1 aliphatic carbocycles. The van der Waals surface area contributed by atoms with Crippen molar-refractivity contribution < 1.29 is 9.90 Å².